The lowest BCUT2D eigenvalue weighted by atomic mass is 10.1. The molecule has 25 heavy (non-hydrogen) atoms. The first kappa shape index (κ1) is 16.2. The Morgan fingerprint density at radius 3 is 2.92 bits per heavy atom. The molecule has 0 radical (unpaired) electrons. The first-order chi connectivity index (χ1) is 12.2. The van der Waals surface area contributed by atoms with E-state index in [2.05, 4.69) is 46.1 Å². The van der Waals surface area contributed by atoms with Crippen molar-refractivity contribution < 1.29 is 4.74 Å². The van der Waals surface area contributed by atoms with Gasteiger partial charge in [0.15, 0.2) is 0 Å². The number of aromatic nitrogens is 2. The van der Waals surface area contributed by atoms with E-state index in [0.717, 1.165) is 35.9 Å². The van der Waals surface area contributed by atoms with E-state index in [1.807, 2.05) is 12.3 Å². The molecular weight excluding hydrogens is 310 g/mol. The van der Waals surface area contributed by atoms with E-state index >= 15 is 0 Å². The highest BCUT2D eigenvalue weighted by Crippen LogP contribution is 2.27. The van der Waals surface area contributed by atoms with Crippen molar-refractivity contribution >= 4 is 10.9 Å². The van der Waals surface area contributed by atoms with Gasteiger partial charge in [0.2, 0.25) is 0 Å². The fraction of sp³-hybridized carbons (Fsp3) is 0.381. The number of nitrogens with zero attached hydrogens (tertiary/aromatic N) is 2. The summed E-state index contributed by atoms with van der Waals surface area (Å²) in [5.74, 6) is 0.784. The number of aromatic amines is 1. The zero-order valence-electron chi connectivity index (χ0n) is 15.0. The number of hydrogen-bond donors (Lipinski definition) is 1. The molecular formula is C21H25N3O. The molecule has 1 aliphatic rings. The van der Waals surface area contributed by atoms with Crippen LogP contribution in [0.25, 0.3) is 22.0 Å². The molecule has 1 unspecified atom stereocenters. The van der Waals surface area contributed by atoms with Crippen LogP contribution >= 0.6 is 0 Å². The van der Waals surface area contributed by atoms with E-state index in [1.54, 1.807) is 13.3 Å². The lowest BCUT2D eigenvalue weighted by Crippen LogP contribution is -2.29. The molecule has 4 nitrogen and oxygen atoms in total. The van der Waals surface area contributed by atoms with Gasteiger partial charge in [-0.25, -0.2) is 0 Å². The van der Waals surface area contributed by atoms with E-state index in [4.69, 9.17) is 4.74 Å². The second-order valence-corrected chi connectivity index (χ2v) is 6.99. The number of benzene rings is 1. The van der Waals surface area contributed by atoms with E-state index in [-0.39, 0.29) is 0 Å². The van der Waals surface area contributed by atoms with Gasteiger partial charge in [-0.3, -0.25) is 4.98 Å². The van der Waals surface area contributed by atoms with Crippen LogP contribution < -0.4 is 4.74 Å². The minimum Gasteiger partial charge on any atom is -0.495 e. The van der Waals surface area contributed by atoms with Gasteiger partial charge in [0, 0.05) is 47.4 Å². The molecule has 3 aromatic rings. The highest BCUT2D eigenvalue weighted by Gasteiger charge is 2.19. The van der Waals surface area contributed by atoms with Crippen LogP contribution in [-0.2, 0) is 6.42 Å². The summed E-state index contributed by atoms with van der Waals surface area (Å²) in [4.78, 5) is 10.4. The molecule has 4 heteroatoms. The third-order valence-corrected chi connectivity index (χ3v) is 5.32. The van der Waals surface area contributed by atoms with Crippen molar-refractivity contribution in [2.24, 2.45) is 0 Å². The van der Waals surface area contributed by atoms with Crippen LogP contribution in [0.4, 0.5) is 0 Å². The first-order valence-electron chi connectivity index (χ1n) is 9.08. The molecule has 0 spiro atoms. The Labute approximate surface area is 148 Å². The lowest BCUT2D eigenvalue weighted by Gasteiger charge is -2.20. The Kier molecular flexibility index (Phi) is 4.45. The van der Waals surface area contributed by atoms with Crippen molar-refractivity contribution in [1.29, 1.82) is 0 Å². The minimum atomic E-state index is 0.733. The fourth-order valence-electron chi connectivity index (χ4n) is 3.78. The lowest BCUT2D eigenvalue weighted by molar-refractivity contribution is 0.271. The maximum atomic E-state index is 5.28. The summed E-state index contributed by atoms with van der Waals surface area (Å²) >= 11 is 0. The summed E-state index contributed by atoms with van der Waals surface area (Å²) in [5.41, 5.74) is 4.76. The molecule has 1 aromatic carbocycles. The van der Waals surface area contributed by atoms with Crippen LogP contribution in [0.15, 0.2) is 42.7 Å². The van der Waals surface area contributed by atoms with Crippen LogP contribution in [0.5, 0.6) is 5.75 Å². The zero-order chi connectivity index (χ0) is 17.2. The highest BCUT2D eigenvalue weighted by molar-refractivity contribution is 5.85. The predicted octanol–water partition coefficient (Wildman–Crippen LogP) is 4.27. The second-order valence-electron chi connectivity index (χ2n) is 6.99. The molecule has 4 rings (SSSR count). The number of methoxy groups -OCH3 is 1. The summed E-state index contributed by atoms with van der Waals surface area (Å²) < 4.78 is 5.28. The summed E-state index contributed by atoms with van der Waals surface area (Å²) in [6.07, 6.45) is 7.37. The SMILES string of the molecule is COc1cncc(-c2ccc3[nH]c(CCN4CCCC4C)cc3c2)c1. The van der Waals surface area contributed by atoms with Crippen LogP contribution in [0.3, 0.4) is 0 Å². The number of pyridine rings is 1. The highest BCUT2D eigenvalue weighted by atomic mass is 16.5. The van der Waals surface area contributed by atoms with Crippen molar-refractivity contribution in [1.82, 2.24) is 14.9 Å². The molecule has 0 aliphatic carbocycles. The van der Waals surface area contributed by atoms with Crippen LogP contribution in [-0.4, -0.2) is 41.1 Å². The number of nitrogens with one attached hydrogen (secondary N) is 1. The Hall–Kier alpha value is -2.33. The molecule has 0 amide bonds. The quantitative estimate of drug-likeness (QED) is 0.757. The zero-order valence-corrected chi connectivity index (χ0v) is 15.0. The van der Waals surface area contributed by atoms with Crippen LogP contribution in [0, 0.1) is 0 Å². The Balaban J connectivity index is 1.54. The average Bonchev–Trinajstić information content (AvgIpc) is 3.24. The Morgan fingerprint density at radius 2 is 2.12 bits per heavy atom. The van der Waals surface area contributed by atoms with Gasteiger partial charge in [-0.1, -0.05) is 6.07 Å². The molecule has 1 saturated heterocycles. The minimum absolute atomic E-state index is 0.733. The van der Waals surface area contributed by atoms with Gasteiger partial charge in [-0.15, -0.1) is 0 Å². The summed E-state index contributed by atoms with van der Waals surface area (Å²) in [6.45, 7) is 4.72. The second kappa shape index (κ2) is 6.89. The number of fused-ring (bicyclic) bond motifs is 1. The van der Waals surface area contributed by atoms with E-state index in [9.17, 15) is 0 Å². The van der Waals surface area contributed by atoms with E-state index < -0.39 is 0 Å². The number of rotatable bonds is 5. The van der Waals surface area contributed by atoms with Crippen molar-refractivity contribution in [2.45, 2.75) is 32.2 Å². The third-order valence-electron chi connectivity index (χ3n) is 5.32. The van der Waals surface area contributed by atoms with Crippen molar-refractivity contribution in [3.63, 3.8) is 0 Å². The summed E-state index contributed by atoms with van der Waals surface area (Å²) in [6, 6.07) is 11.6. The van der Waals surface area contributed by atoms with Gasteiger partial charge in [0.05, 0.1) is 13.3 Å². The van der Waals surface area contributed by atoms with Crippen LogP contribution in [0.2, 0.25) is 0 Å². The molecule has 2 aromatic heterocycles. The van der Waals surface area contributed by atoms with Crippen LogP contribution in [0.1, 0.15) is 25.5 Å². The van der Waals surface area contributed by atoms with Gasteiger partial charge >= 0.3 is 0 Å². The normalized spacial score (nSPS) is 18.1. The predicted molar refractivity (Wildman–Crippen MR) is 102 cm³/mol. The number of H-pyrrole nitrogens is 1. The van der Waals surface area contributed by atoms with E-state index in [0.29, 0.717) is 0 Å². The maximum absolute atomic E-state index is 5.28. The molecule has 1 fully saturated rings. The largest absolute Gasteiger partial charge is 0.495 e. The molecule has 1 atom stereocenters. The number of likely N-dealkylation sites (tertiary alicyclic amines) is 1. The van der Waals surface area contributed by atoms with Gasteiger partial charge in [-0.05, 0) is 56.1 Å². The molecule has 130 valence electrons. The Morgan fingerprint density at radius 1 is 1.20 bits per heavy atom. The summed E-state index contributed by atoms with van der Waals surface area (Å²) in [5, 5.41) is 1.25. The standard InChI is InChI=1S/C21H25N3O/c1-15-4-3-8-24(15)9-7-19-11-17-10-16(5-6-21(17)23-19)18-12-20(25-2)14-22-13-18/h5-6,10-15,23H,3-4,7-9H2,1-2H3. The molecule has 1 aliphatic heterocycles. The monoisotopic (exact) mass is 335 g/mol. The fourth-order valence-corrected chi connectivity index (χ4v) is 3.78. The van der Waals surface area contributed by atoms with Gasteiger partial charge in [0.1, 0.15) is 5.75 Å². The number of ether oxygens (including phenoxy) is 1. The first-order valence-corrected chi connectivity index (χ1v) is 9.08. The van der Waals surface area contributed by atoms with Crippen molar-refractivity contribution in [2.75, 3.05) is 20.2 Å². The molecule has 1 N–H and O–H groups in total. The molecule has 0 bridgehead atoms. The third kappa shape index (κ3) is 3.40. The number of hydrogen-bond acceptors (Lipinski definition) is 3. The van der Waals surface area contributed by atoms with Gasteiger partial charge < -0.3 is 14.6 Å². The Bertz CT molecular complexity index is 870. The smallest absolute Gasteiger partial charge is 0.137 e. The molecule has 0 saturated carbocycles. The maximum Gasteiger partial charge on any atom is 0.137 e. The average molecular weight is 335 g/mol. The van der Waals surface area contributed by atoms with E-state index in [1.165, 1.54) is 36.0 Å². The molecule has 3 heterocycles. The van der Waals surface area contributed by atoms with Crippen molar-refractivity contribution in [3.8, 4) is 16.9 Å². The van der Waals surface area contributed by atoms with Crippen molar-refractivity contribution in [3.05, 3.63) is 48.4 Å². The van der Waals surface area contributed by atoms with Gasteiger partial charge in [-0.2, -0.15) is 0 Å². The summed E-state index contributed by atoms with van der Waals surface area (Å²) in [7, 11) is 1.67. The van der Waals surface area contributed by atoms with Gasteiger partial charge in [0.25, 0.3) is 0 Å². The topological polar surface area (TPSA) is 41.1 Å².